The second-order valence-electron chi connectivity index (χ2n) is 8.26. The lowest BCUT2D eigenvalue weighted by Crippen LogP contribution is -2.43. The third-order valence-electron chi connectivity index (χ3n) is 5.93. The Morgan fingerprint density at radius 1 is 0.875 bits per heavy atom. The van der Waals surface area contributed by atoms with E-state index >= 15 is 0 Å². The molecule has 1 fully saturated rings. The van der Waals surface area contributed by atoms with E-state index in [2.05, 4.69) is 70.2 Å². The molecule has 2 unspecified atom stereocenters. The highest BCUT2D eigenvalue weighted by molar-refractivity contribution is 5.82. The Morgan fingerprint density at radius 3 is 2.62 bits per heavy atom. The lowest BCUT2D eigenvalue weighted by atomic mass is 10.0. The summed E-state index contributed by atoms with van der Waals surface area (Å²) in [7, 11) is 0. The Balaban J connectivity index is 1.19. The first-order chi connectivity index (χ1) is 15.8. The molecule has 4 aromatic rings. The third kappa shape index (κ3) is 5.05. The van der Waals surface area contributed by atoms with E-state index in [0.29, 0.717) is 19.8 Å². The number of aromatic nitrogens is 3. The van der Waals surface area contributed by atoms with Gasteiger partial charge >= 0.3 is 0 Å². The zero-order valence-electron chi connectivity index (χ0n) is 18.1. The van der Waals surface area contributed by atoms with Crippen molar-refractivity contribution in [3.05, 3.63) is 95.8 Å². The van der Waals surface area contributed by atoms with Gasteiger partial charge in [-0.3, -0.25) is 0 Å². The van der Waals surface area contributed by atoms with E-state index in [1.54, 1.807) is 0 Å². The van der Waals surface area contributed by atoms with Crippen LogP contribution in [-0.2, 0) is 29.3 Å². The highest BCUT2D eigenvalue weighted by atomic mass is 16.5. The molecule has 32 heavy (non-hydrogen) atoms. The molecule has 2 atom stereocenters. The standard InChI is InChI=1S/C26H28N4O2/c1-2-6-20(7-3-1)17-31-19-24-16-30(29-28-24)25-12-13-27-15-26(25)32-18-21-10-11-22-8-4-5-9-23(22)14-21/h1-11,14,16,25-27H,12-13,15,17-19H2. The van der Waals surface area contributed by atoms with Crippen molar-refractivity contribution < 1.29 is 9.47 Å². The number of nitrogens with one attached hydrogen (secondary N) is 1. The summed E-state index contributed by atoms with van der Waals surface area (Å²) in [5, 5.41) is 14.6. The molecule has 2 heterocycles. The number of ether oxygens (including phenoxy) is 2. The molecule has 164 valence electrons. The number of fused-ring (bicyclic) bond motifs is 1. The summed E-state index contributed by atoms with van der Waals surface area (Å²) in [6.07, 6.45) is 2.98. The Labute approximate surface area is 188 Å². The van der Waals surface area contributed by atoms with Gasteiger partial charge in [0.05, 0.1) is 38.2 Å². The smallest absolute Gasteiger partial charge is 0.108 e. The number of hydrogen-bond acceptors (Lipinski definition) is 5. The van der Waals surface area contributed by atoms with Gasteiger partial charge in [-0.1, -0.05) is 71.9 Å². The number of piperidine rings is 1. The molecule has 1 aliphatic heterocycles. The van der Waals surface area contributed by atoms with Crippen LogP contribution in [0.3, 0.4) is 0 Å². The van der Waals surface area contributed by atoms with Crippen LogP contribution >= 0.6 is 0 Å². The van der Waals surface area contributed by atoms with Crippen molar-refractivity contribution in [2.45, 2.75) is 38.4 Å². The van der Waals surface area contributed by atoms with Gasteiger partial charge in [0.1, 0.15) is 5.69 Å². The monoisotopic (exact) mass is 428 g/mol. The Morgan fingerprint density at radius 2 is 1.72 bits per heavy atom. The lowest BCUT2D eigenvalue weighted by molar-refractivity contribution is -0.0113. The van der Waals surface area contributed by atoms with E-state index in [1.807, 2.05) is 29.1 Å². The summed E-state index contributed by atoms with van der Waals surface area (Å²) in [5.41, 5.74) is 3.18. The topological polar surface area (TPSA) is 61.2 Å². The molecule has 0 aliphatic carbocycles. The van der Waals surface area contributed by atoms with Crippen molar-refractivity contribution in [2.75, 3.05) is 13.1 Å². The molecule has 5 rings (SSSR count). The highest BCUT2D eigenvalue weighted by Crippen LogP contribution is 2.23. The molecule has 1 N–H and O–H groups in total. The van der Waals surface area contributed by atoms with Gasteiger partial charge in [-0.15, -0.1) is 5.10 Å². The quantitative estimate of drug-likeness (QED) is 0.454. The molecule has 1 aliphatic rings. The SMILES string of the molecule is c1ccc(COCc2cn(C3CCNCC3OCc3ccc4ccccc4c3)nn2)cc1. The molecule has 0 radical (unpaired) electrons. The van der Waals surface area contributed by atoms with Gasteiger partial charge in [-0.05, 0) is 40.9 Å². The van der Waals surface area contributed by atoms with Crippen molar-refractivity contribution in [3.8, 4) is 0 Å². The molecule has 0 saturated carbocycles. The molecule has 0 spiro atoms. The highest BCUT2D eigenvalue weighted by Gasteiger charge is 2.28. The van der Waals surface area contributed by atoms with Crippen LogP contribution in [0.25, 0.3) is 10.8 Å². The molecular weight excluding hydrogens is 400 g/mol. The number of hydrogen-bond donors (Lipinski definition) is 1. The Bertz CT molecular complexity index is 1140. The van der Waals surface area contributed by atoms with Gasteiger partial charge in [-0.25, -0.2) is 4.68 Å². The maximum atomic E-state index is 6.35. The van der Waals surface area contributed by atoms with Crippen molar-refractivity contribution in [1.82, 2.24) is 20.3 Å². The third-order valence-corrected chi connectivity index (χ3v) is 5.93. The minimum absolute atomic E-state index is 0.0370. The van der Waals surface area contributed by atoms with Crippen LogP contribution < -0.4 is 5.32 Å². The van der Waals surface area contributed by atoms with Crippen LogP contribution in [0.4, 0.5) is 0 Å². The van der Waals surface area contributed by atoms with Crippen LogP contribution in [0.2, 0.25) is 0 Å². The van der Waals surface area contributed by atoms with E-state index < -0.39 is 0 Å². The maximum Gasteiger partial charge on any atom is 0.108 e. The van der Waals surface area contributed by atoms with Gasteiger partial charge in [-0.2, -0.15) is 0 Å². The van der Waals surface area contributed by atoms with Gasteiger partial charge in [0, 0.05) is 6.54 Å². The zero-order chi connectivity index (χ0) is 21.6. The summed E-state index contributed by atoms with van der Waals surface area (Å²) >= 11 is 0. The first-order valence-corrected chi connectivity index (χ1v) is 11.2. The predicted octanol–water partition coefficient (Wildman–Crippen LogP) is 4.27. The number of nitrogens with zero attached hydrogens (tertiary/aromatic N) is 3. The van der Waals surface area contributed by atoms with Crippen molar-refractivity contribution >= 4 is 10.8 Å². The molecule has 0 bridgehead atoms. The molecule has 1 saturated heterocycles. The average molecular weight is 429 g/mol. The van der Waals surface area contributed by atoms with Crippen LogP contribution in [0.5, 0.6) is 0 Å². The fourth-order valence-electron chi connectivity index (χ4n) is 4.21. The fraction of sp³-hybridized carbons (Fsp3) is 0.308. The zero-order valence-corrected chi connectivity index (χ0v) is 18.1. The second-order valence-corrected chi connectivity index (χ2v) is 8.26. The van der Waals surface area contributed by atoms with Gasteiger partial charge in [0.15, 0.2) is 0 Å². The first kappa shape index (κ1) is 20.8. The van der Waals surface area contributed by atoms with Crippen LogP contribution in [-0.4, -0.2) is 34.2 Å². The summed E-state index contributed by atoms with van der Waals surface area (Å²) in [6.45, 7) is 3.34. The van der Waals surface area contributed by atoms with E-state index in [-0.39, 0.29) is 12.1 Å². The second kappa shape index (κ2) is 10.0. The molecule has 3 aromatic carbocycles. The molecule has 0 amide bonds. The lowest BCUT2D eigenvalue weighted by Gasteiger charge is -2.32. The van der Waals surface area contributed by atoms with Gasteiger partial charge in [0.2, 0.25) is 0 Å². The Hall–Kier alpha value is -3.06. The molecule has 1 aromatic heterocycles. The summed E-state index contributed by atoms with van der Waals surface area (Å²) < 4.78 is 14.1. The normalized spacial score (nSPS) is 18.8. The van der Waals surface area contributed by atoms with E-state index in [9.17, 15) is 0 Å². The minimum atomic E-state index is 0.0370. The maximum absolute atomic E-state index is 6.35. The van der Waals surface area contributed by atoms with Crippen molar-refractivity contribution in [2.24, 2.45) is 0 Å². The molecule has 6 nitrogen and oxygen atoms in total. The predicted molar refractivity (Wildman–Crippen MR) is 124 cm³/mol. The first-order valence-electron chi connectivity index (χ1n) is 11.2. The summed E-state index contributed by atoms with van der Waals surface area (Å²) in [5.74, 6) is 0. The number of benzene rings is 3. The Kier molecular flexibility index (Phi) is 6.53. The molecular formula is C26H28N4O2. The summed E-state index contributed by atoms with van der Waals surface area (Å²) in [4.78, 5) is 0. The average Bonchev–Trinajstić information content (AvgIpc) is 3.32. The van der Waals surface area contributed by atoms with Crippen LogP contribution in [0.1, 0.15) is 29.3 Å². The fourth-order valence-corrected chi connectivity index (χ4v) is 4.21. The van der Waals surface area contributed by atoms with Crippen LogP contribution in [0, 0.1) is 0 Å². The van der Waals surface area contributed by atoms with Crippen LogP contribution in [0.15, 0.2) is 79.0 Å². The largest absolute Gasteiger partial charge is 0.370 e. The van der Waals surface area contributed by atoms with Gasteiger partial charge < -0.3 is 14.8 Å². The van der Waals surface area contributed by atoms with Crippen molar-refractivity contribution in [3.63, 3.8) is 0 Å². The number of rotatable bonds is 8. The van der Waals surface area contributed by atoms with E-state index in [4.69, 9.17) is 9.47 Å². The van der Waals surface area contributed by atoms with E-state index in [1.165, 1.54) is 16.3 Å². The molecule has 6 heteroatoms. The summed E-state index contributed by atoms with van der Waals surface area (Å²) in [6, 6.07) is 25.2. The van der Waals surface area contributed by atoms with E-state index in [0.717, 1.165) is 30.8 Å². The minimum Gasteiger partial charge on any atom is -0.370 e. The van der Waals surface area contributed by atoms with Gasteiger partial charge in [0.25, 0.3) is 0 Å². The van der Waals surface area contributed by atoms with Crippen molar-refractivity contribution in [1.29, 1.82) is 0 Å².